The molecule has 20 heavy (non-hydrogen) atoms. The summed E-state index contributed by atoms with van der Waals surface area (Å²) >= 11 is 0. The number of hydrogen-bond acceptors (Lipinski definition) is 6. The standard InChI is InChI=1S/C11H20N4O3S.ClH/c1-3-19(16,17)15(2)8-9-13-10(14-18-9)11(12)6-4-5-7-11;/h3-8,12H2,1-2H3;1H. The van der Waals surface area contributed by atoms with Crippen molar-refractivity contribution in [3.8, 4) is 0 Å². The maximum Gasteiger partial charge on any atom is 0.242 e. The van der Waals surface area contributed by atoms with Crippen LogP contribution in [-0.4, -0.2) is 35.7 Å². The third-order valence-electron chi connectivity index (χ3n) is 3.61. The summed E-state index contributed by atoms with van der Waals surface area (Å²) in [6, 6.07) is 0. The van der Waals surface area contributed by atoms with E-state index in [0.29, 0.717) is 5.82 Å². The normalized spacial score (nSPS) is 18.2. The Hall–Kier alpha value is -0.700. The molecule has 0 spiro atoms. The van der Waals surface area contributed by atoms with E-state index >= 15 is 0 Å². The van der Waals surface area contributed by atoms with Gasteiger partial charge in [0.15, 0.2) is 5.82 Å². The average Bonchev–Trinajstić information content (AvgIpc) is 2.99. The lowest BCUT2D eigenvalue weighted by Crippen LogP contribution is -2.34. The SMILES string of the molecule is CCS(=O)(=O)N(C)Cc1nc(C2(N)CCCC2)no1.Cl. The first-order valence-corrected chi connectivity index (χ1v) is 8.04. The third-order valence-corrected chi connectivity index (χ3v) is 5.42. The molecule has 1 heterocycles. The van der Waals surface area contributed by atoms with Crippen molar-refractivity contribution in [1.82, 2.24) is 14.4 Å². The Morgan fingerprint density at radius 3 is 2.55 bits per heavy atom. The molecule has 1 aliphatic rings. The van der Waals surface area contributed by atoms with E-state index in [1.54, 1.807) is 6.92 Å². The molecule has 0 amide bonds. The lowest BCUT2D eigenvalue weighted by atomic mass is 9.99. The van der Waals surface area contributed by atoms with E-state index in [1.807, 2.05) is 0 Å². The van der Waals surface area contributed by atoms with Crippen LogP contribution in [0.1, 0.15) is 44.3 Å². The van der Waals surface area contributed by atoms with Gasteiger partial charge >= 0.3 is 0 Å². The summed E-state index contributed by atoms with van der Waals surface area (Å²) in [6.07, 6.45) is 3.80. The monoisotopic (exact) mass is 324 g/mol. The Balaban J connectivity index is 0.00000200. The van der Waals surface area contributed by atoms with Crippen LogP contribution in [0, 0.1) is 0 Å². The summed E-state index contributed by atoms with van der Waals surface area (Å²) in [6.45, 7) is 1.68. The molecule has 0 saturated heterocycles. The van der Waals surface area contributed by atoms with Crippen LogP contribution < -0.4 is 5.73 Å². The molecule has 0 unspecified atom stereocenters. The smallest absolute Gasteiger partial charge is 0.242 e. The van der Waals surface area contributed by atoms with Gasteiger partial charge in [0, 0.05) is 7.05 Å². The summed E-state index contributed by atoms with van der Waals surface area (Å²) < 4.78 is 29.6. The van der Waals surface area contributed by atoms with Crippen molar-refractivity contribution in [3.05, 3.63) is 11.7 Å². The molecule has 0 aliphatic heterocycles. The minimum Gasteiger partial charge on any atom is -0.338 e. The second-order valence-electron chi connectivity index (χ2n) is 5.03. The van der Waals surface area contributed by atoms with Gasteiger partial charge in [-0.15, -0.1) is 12.4 Å². The van der Waals surface area contributed by atoms with Gasteiger partial charge in [-0.25, -0.2) is 8.42 Å². The summed E-state index contributed by atoms with van der Waals surface area (Å²) in [7, 11) is -1.75. The number of rotatable bonds is 5. The second-order valence-corrected chi connectivity index (χ2v) is 7.40. The van der Waals surface area contributed by atoms with Crippen molar-refractivity contribution in [2.75, 3.05) is 12.8 Å². The molecule has 7 nitrogen and oxygen atoms in total. The number of aromatic nitrogens is 2. The highest BCUT2D eigenvalue weighted by Gasteiger charge is 2.36. The summed E-state index contributed by atoms with van der Waals surface area (Å²) in [4.78, 5) is 4.24. The maximum atomic E-state index is 11.6. The van der Waals surface area contributed by atoms with Crippen LogP contribution in [0.3, 0.4) is 0 Å². The molecule has 0 radical (unpaired) electrons. The fourth-order valence-corrected chi connectivity index (χ4v) is 3.01. The van der Waals surface area contributed by atoms with Crippen molar-refractivity contribution >= 4 is 22.4 Å². The van der Waals surface area contributed by atoms with Crippen LogP contribution in [0.4, 0.5) is 0 Å². The Bertz CT molecular complexity index is 540. The number of halogens is 1. The molecule has 2 N–H and O–H groups in total. The molecule has 1 aromatic rings. The second kappa shape index (κ2) is 6.38. The number of nitrogens with two attached hydrogens (primary N) is 1. The van der Waals surface area contributed by atoms with Crippen molar-refractivity contribution in [1.29, 1.82) is 0 Å². The van der Waals surface area contributed by atoms with Crippen molar-refractivity contribution in [2.24, 2.45) is 5.73 Å². The number of hydrogen-bond donors (Lipinski definition) is 1. The molecular weight excluding hydrogens is 304 g/mol. The molecule has 116 valence electrons. The van der Waals surface area contributed by atoms with Crippen molar-refractivity contribution < 1.29 is 12.9 Å². The first-order valence-electron chi connectivity index (χ1n) is 6.43. The van der Waals surface area contributed by atoms with Crippen LogP contribution in [0.15, 0.2) is 4.52 Å². The number of sulfonamides is 1. The largest absolute Gasteiger partial charge is 0.338 e. The van der Waals surface area contributed by atoms with Crippen LogP contribution in [0.2, 0.25) is 0 Å². The fourth-order valence-electron chi connectivity index (χ4n) is 2.26. The van der Waals surface area contributed by atoms with E-state index in [4.69, 9.17) is 10.3 Å². The lowest BCUT2D eigenvalue weighted by molar-refractivity contribution is 0.323. The minimum atomic E-state index is -3.25. The average molecular weight is 325 g/mol. The van der Waals surface area contributed by atoms with E-state index in [2.05, 4.69) is 10.1 Å². The van der Waals surface area contributed by atoms with Gasteiger partial charge in [-0.05, 0) is 19.8 Å². The van der Waals surface area contributed by atoms with Gasteiger partial charge in [-0.1, -0.05) is 18.0 Å². The van der Waals surface area contributed by atoms with Gasteiger partial charge in [-0.2, -0.15) is 9.29 Å². The van der Waals surface area contributed by atoms with Crippen molar-refractivity contribution in [2.45, 2.75) is 44.7 Å². The minimum absolute atomic E-state index is 0. The summed E-state index contributed by atoms with van der Waals surface area (Å²) in [5.74, 6) is 0.819. The van der Waals surface area contributed by atoms with Crippen molar-refractivity contribution in [3.63, 3.8) is 0 Å². The predicted molar refractivity (Wildman–Crippen MR) is 76.8 cm³/mol. The lowest BCUT2D eigenvalue weighted by Gasteiger charge is -2.17. The predicted octanol–water partition coefficient (Wildman–Crippen LogP) is 1.00. The topological polar surface area (TPSA) is 102 Å². The van der Waals surface area contributed by atoms with Crippen LogP contribution in [-0.2, 0) is 22.1 Å². The summed E-state index contributed by atoms with van der Waals surface area (Å²) in [5.41, 5.74) is 5.71. The van der Waals surface area contributed by atoms with Gasteiger partial charge in [0.1, 0.15) is 0 Å². The molecule has 9 heteroatoms. The van der Waals surface area contributed by atoms with Crippen LogP contribution in [0.25, 0.3) is 0 Å². The molecule has 0 aromatic carbocycles. The molecule has 1 aliphatic carbocycles. The third kappa shape index (κ3) is 3.49. The van der Waals surface area contributed by atoms with E-state index in [1.165, 1.54) is 11.4 Å². The molecule has 1 fully saturated rings. The van der Waals surface area contributed by atoms with E-state index in [9.17, 15) is 8.42 Å². The zero-order valence-electron chi connectivity index (χ0n) is 11.7. The zero-order valence-corrected chi connectivity index (χ0v) is 13.3. The molecule has 0 atom stereocenters. The fraction of sp³-hybridized carbons (Fsp3) is 0.818. The van der Waals surface area contributed by atoms with E-state index < -0.39 is 15.6 Å². The Labute approximate surface area is 125 Å². The Morgan fingerprint density at radius 2 is 2.00 bits per heavy atom. The first-order chi connectivity index (χ1) is 8.87. The highest BCUT2D eigenvalue weighted by Crippen LogP contribution is 2.34. The molecular formula is C11H21ClN4O3S. The van der Waals surface area contributed by atoms with Gasteiger partial charge < -0.3 is 10.3 Å². The highest BCUT2D eigenvalue weighted by atomic mass is 35.5. The van der Waals surface area contributed by atoms with E-state index in [-0.39, 0.29) is 30.6 Å². The molecule has 1 saturated carbocycles. The van der Waals surface area contributed by atoms with Gasteiger partial charge in [0.05, 0.1) is 17.8 Å². The quantitative estimate of drug-likeness (QED) is 0.866. The zero-order chi connectivity index (χ0) is 14.1. The first kappa shape index (κ1) is 17.4. The molecule has 2 rings (SSSR count). The van der Waals surface area contributed by atoms with E-state index in [0.717, 1.165) is 25.7 Å². The summed E-state index contributed by atoms with van der Waals surface area (Å²) in [5, 5.41) is 3.90. The Morgan fingerprint density at radius 1 is 1.40 bits per heavy atom. The van der Waals surface area contributed by atoms with Gasteiger partial charge in [-0.3, -0.25) is 0 Å². The molecule has 1 aromatic heterocycles. The van der Waals surface area contributed by atoms with Crippen LogP contribution in [0.5, 0.6) is 0 Å². The highest BCUT2D eigenvalue weighted by molar-refractivity contribution is 7.89. The van der Waals surface area contributed by atoms with Gasteiger partial charge in [0.2, 0.25) is 15.9 Å². The maximum absolute atomic E-state index is 11.6. The molecule has 0 bridgehead atoms. The Kier molecular flexibility index (Phi) is 5.54. The number of nitrogens with zero attached hydrogens (tertiary/aromatic N) is 3. The van der Waals surface area contributed by atoms with Crippen LogP contribution >= 0.6 is 12.4 Å². The van der Waals surface area contributed by atoms with Gasteiger partial charge in [0.25, 0.3) is 0 Å².